The number of hydrogen-bond acceptors (Lipinski definition) is 6. The van der Waals surface area contributed by atoms with Gasteiger partial charge in [0.15, 0.2) is 17.0 Å². The summed E-state index contributed by atoms with van der Waals surface area (Å²) in [6, 6.07) is 7.33. The lowest BCUT2D eigenvalue weighted by Gasteiger charge is -2.34. The second-order valence-corrected chi connectivity index (χ2v) is 6.28. The number of hydrogen-bond donors (Lipinski definition) is 0. The minimum absolute atomic E-state index is 0.0983. The highest BCUT2D eigenvalue weighted by Crippen LogP contribution is 2.24. The van der Waals surface area contributed by atoms with E-state index in [1.807, 2.05) is 17.0 Å². The van der Waals surface area contributed by atoms with Gasteiger partial charge in [0.2, 0.25) is 5.91 Å². The zero-order valence-electron chi connectivity index (χ0n) is 13.6. The summed E-state index contributed by atoms with van der Waals surface area (Å²) in [7, 11) is 0. The van der Waals surface area contributed by atoms with Crippen molar-refractivity contribution in [2.45, 2.75) is 6.92 Å². The van der Waals surface area contributed by atoms with Crippen LogP contribution in [-0.4, -0.2) is 61.9 Å². The van der Waals surface area contributed by atoms with Crippen LogP contribution < -0.4 is 4.90 Å². The monoisotopic (exact) mass is 357 g/mol. The molecule has 0 atom stereocenters. The van der Waals surface area contributed by atoms with E-state index in [9.17, 15) is 4.79 Å². The molecular formula is C16H16ClN7O. The Kier molecular flexibility index (Phi) is 3.96. The normalized spacial score (nSPS) is 15.0. The number of anilines is 1. The summed E-state index contributed by atoms with van der Waals surface area (Å²) in [5, 5.41) is 9.16. The molecule has 0 bridgehead atoms. The summed E-state index contributed by atoms with van der Waals surface area (Å²) < 4.78 is 1.67. The van der Waals surface area contributed by atoms with E-state index in [0.29, 0.717) is 42.4 Å². The van der Waals surface area contributed by atoms with Crippen molar-refractivity contribution in [1.82, 2.24) is 29.9 Å². The number of amides is 1. The smallest absolute Gasteiger partial charge is 0.219 e. The Morgan fingerprint density at radius 2 is 1.80 bits per heavy atom. The molecule has 4 rings (SSSR count). The number of carbonyl (C=O) groups is 1. The van der Waals surface area contributed by atoms with Crippen molar-refractivity contribution in [1.29, 1.82) is 0 Å². The van der Waals surface area contributed by atoms with Crippen molar-refractivity contribution in [3.05, 3.63) is 35.6 Å². The molecule has 0 N–H and O–H groups in total. The molecule has 1 fully saturated rings. The molecule has 0 saturated carbocycles. The molecule has 1 aliphatic rings. The fraction of sp³-hybridized carbons (Fsp3) is 0.312. The second-order valence-electron chi connectivity index (χ2n) is 5.84. The molecule has 2 aromatic heterocycles. The fourth-order valence-corrected chi connectivity index (χ4v) is 3.08. The highest BCUT2D eigenvalue weighted by Gasteiger charge is 2.23. The highest BCUT2D eigenvalue weighted by molar-refractivity contribution is 6.30. The Morgan fingerprint density at radius 1 is 1.08 bits per heavy atom. The van der Waals surface area contributed by atoms with Crippen LogP contribution >= 0.6 is 11.6 Å². The van der Waals surface area contributed by atoms with E-state index >= 15 is 0 Å². The minimum Gasteiger partial charge on any atom is -0.351 e. The van der Waals surface area contributed by atoms with Crippen LogP contribution in [0.15, 0.2) is 30.6 Å². The zero-order valence-corrected chi connectivity index (χ0v) is 14.4. The van der Waals surface area contributed by atoms with Crippen molar-refractivity contribution in [2.24, 2.45) is 0 Å². The first-order valence-electron chi connectivity index (χ1n) is 7.96. The van der Waals surface area contributed by atoms with Gasteiger partial charge in [-0.2, -0.15) is 4.68 Å². The molecule has 1 amide bonds. The average Bonchev–Trinajstić information content (AvgIpc) is 3.06. The number of benzene rings is 1. The minimum atomic E-state index is 0.0983. The van der Waals surface area contributed by atoms with Crippen LogP contribution in [0.4, 0.5) is 5.82 Å². The molecule has 3 aromatic rings. The molecule has 1 aromatic carbocycles. The topological polar surface area (TPSA) is 80.0 Å². The maximum absolute atomic E-state index is 11.5. The SMILES string of the molecule is CC(=O)N1CCN(c2ncnc3c2nnn3-c2ccc(Cl)cc2)CC1. The van der Waals surface area contributed by atoms with Gasteiger partial charge in [0, 0.05) is 38.1 Å². The number of halogens is 1. The summed E-state index contributed by atoms with van der Waals surface area (Å²) in [6.45, 7) is 4.35. The van der Waals surface area contributed by atoms with Crippen molar-refractivity contribution in [3.8, 4) is 5.69 Å². The number of fused-ring (bicyclic) bond motifs is 1. The number of carbonyl (C=O) groups excluding carboxylic acids is 1. The molecular weight excluding hydrogens is 342 g/mol. The lowest BCUT2D eigenvalue weighted by molar-refractivity contribution is -0.129. The van der Waals surface area contributed by atoms with Crippen LogP contribution in [0, 0.1) is 0 Å². The molecule has 8 nitrogen and oxygen atoms in total. The average molecular weight is 358 g/mol. The van der Waals surface area contributed by atoms with Gasteiger partial charge in [0.25, 0.3) is 0 Å². The maximum atomic E-state index is 11.5. The largest absolute Gasteiger partial charge is 0.351 e. The third-order valence-electron chi connectivity index (χ3n) is 4.31. The number of piperazine rings is 1. The first kappa shape index (κ1) is 15.8. The van der Waals surface area contributed by atoms with Crippen LogP contribution in [0.25, 0.3) is 16.9 Å². The Hall–Kier alpha value is -2.74. The summed E-state index contributed by atoms with van der Waals surface area (Å²) in [5.74, 6) is 0.842. The van der Waals surface area contributed by atoms with Crippen molar-refractivity contribution < 1.29 is 4.79 Å². The van der Waals surface area contributed by atoms with Gasteiger partial charge < -0.3 is 9.80 Å². The molecule has 9 heteroatoms. The van der Waals surface area contributed by atoms with Gasteiger partial charge in [0.1, 0.15) is 6.33 Å². The lowest BCUT2D eigenvalue weighted by atomic mass is 10.3. The van der Waals surface area contributed by atoms with Crippen molar-refractivity contribution in [3.63, 3.8) is 0 Å². The predicted octanol–water partition coefficient (Wildman–Crippen LogP) is 1.53. The standard InChI is InChI=1S/C16H16ClN7O/c1-11(25)22-6-8-23(9-7-22)15-14-16(19-10-18-15)24(21-20-14)13-4-2-12(17)3-5-13/h2-5,10H,6-9H2,1H3. The molecule has 3 heterocycles. The van der Waals surface area contributed by atoms with Gasteiger partial charge in [0.05, 0.1) is 5.69 Å². The van der Waals surface area contributed by atoms with Crippen LogP contribution in [0.2, 0.25) is 5.02 Å². The lowest BCUT2D eigenvalue weighted by Crippen LogP contribution is -2.48. The van der Waals surface area contributed by atoms with E-state index in [-0.39, 0.29) is 5.91 Å². The molecule has 25 heavy (non-hydrogen) atoms. The van der Waals surface area contributed by atoms with Crippen LogP contribution in [0.3, 0.4) is 0 Å². The van der Waals surface area contributed by atoms with Crippen molar-refractivity contribution >= 4 is 34.5 Å². The summed E-state index contributed by atoms with van der Waals surface area (Å²) in [5.41, 5.74) is 2.12. The van der Waals surface area contributed by atoms with E-state index in [1.54, 1.807) is 23.7 Å². The van der Waals surface area contributed by atoms with Gasteiger partial charge in [-0.05, 0) is 24.3 Å². The molecule has 1 saturated heterocycles. The molecule has 0 aliphatic carbocycles. The van der Waals surface area contributed by atoms with E-state index in [4.69, 9.17) is 11.6 Å². The predicted molar refractivity (Wildman–Crippen MR) is 93.9 cm³/mol. The second kappa shape index (κ2) is 6.29. The Labute approximate surface area is 149 Å². The summed E-state index contributed by atoms with van der Waals surface area (Å²) in [4.78, 5) is 24.2. The van der Waals surface area contributed by atoms with Crippen molar-refractivity contribution in [2.75, 3.05) is 31.1 Å². The summed E-state index contributed by atoms with van der Waals surface area (Å²) >= 11 is 5.95. The highest BCUT2D eigenvalue weighted by atomic mass is 35.5. The van der Waals surface area contributed by atoms with Gasteiger partial charge >= 0.3 is 0 Å². The fourth-order valence-electron chi connectivity index (χ4n) is 2.96. The van der Waals surface area contributed by atoms with E-state index in [2.05, 4.69) is 25.2 Å². The third-order valence-corrected chi connectivity index (χ3v) is 4.57. The molecule has 0 radical (unpaired) electrons. The molecule has 1 aliphatic heterocycles. The number of aromatic nitrogens is 5. The first-order chi connectivity index (χ1) is 12.1. The van der Waals surface area contributed by atoms with Crippen LogP contribution in [0.5, 0.6) is 0 Å². The Bertz CT molecular complexity index is 916. The number of rotatable bonds is 2. The van der Waals surface area contributed by atoms with E-state index < -0.39 is 0 Å². The van der Waals surface area contributed by atoms with Crippen LogP contribution in [0.1, 0.15) is 6.92 Å². The first-order valence-corrected chi connectivity index (χ1v) is 8.34. The molecule has 0 unspecified atom stereocenters. The Morgan fingerprint density at radius 3 is 2.48 bits per heavy atom. The van der Waals surface area contributed by atoms with Gasteiger partial charge in [-0.15, -0.1) is 5.10 Å². The third kappa shape index (κ3) is 2.89. The molecule has 128 valence electrons. The van der Waals surface area contributed by atoms with E-state index in [1.165, 1.54) is 6.33 Å². The van der Waals surface area contributed by atoms with E-state index in [0.717, 1.165) is 11.5 Å². The zero-order chi connectivity index (χ0) is 17.4. The number of nitrogens with zero attached hydrogens (tertiary/aromatic N) is 7. The van der Waals surface area contributed by atoms with Gasteiger partial charge in [-0.1, -0.05) is 16.8 Å². The quantitative estimate of drug-likeness (QED) is 0.692. The van der Waals surface area contributed by atoms with Gasteiger partial charge in [-0.25, -0.2) is 9.97 Å². The van der Waals surface area contributed by atoms with Crippen LogP contribution in [-0.2, 0) is 4.79 Å². The molecule has 0 spiro atoms. The Balaban J connectivity index is 1.68. The summed E-state index contributed by atoms with van der Waals surface area (Å²) in [6.07, 6.45) is 1.52. The maximum Gasteiger partial charge on any atom is 0.219 e. The van der Waals surface area contributed by atoms with Gasteiger partial charge in [-0.3, -0.25) is 4.79 Å².